The zero-order valence-corrected chi connectivity index (χ0v) is 16.5. The minimum absolute atomic E-state index is 0.0871. The predicted molar refractivity (Wildman–Crippen MR) is 109 cm³/mol. The number of nitrogens with one attached hydrogen (secondary N) is 3. The van der Waals surface area contributed by atoms with Crippen LogP contribution in [0.25, 0.3) is 0 Å². The monoisotopic (exact) mass is 403 g/mol. The highest BCUT2D eigenvalue weighted by molar-refractivity contribution is 7.80. The van der Waals surface area contributed by atoms with Crippen LogP contribution >= 0.6 is 24.4 Å². The molecule has 4 bridgehead atoms. The molecule has 5 nitrogen and oxygen atoms in total. The van der Waals surface area contributed by atoms with Gasteiger partial charge in [0.05, 0.1) is 0 Å². The Morgan fingerprint density at radius 2 is 1.85 bits per heavy atom. The Hall–Kier alpha value is -1.80. The van der Waals surface area contributed by atoms with E-state index in [9.17, 15) is 4.39 Å². The van der Waals surface area contributed by atoms with E-state index in [1.54, 1.807) is 12.1 Å². The summed E-state index contributed by atoms with van der Waals surface area (Å²) in [5, 5.41) is 10.9. The summed E-state index contributed by atoms with van der Waals surface area (Å²) in [4.78, 5) is 0. The molecule has 0 radical (unpaired) electrons. The van der Waals surface area contributed by atoms with Gasteiger partial charge in [-0.3, -0.25) is 10.5 Å². The molecule has 142 valence electrons. The van der Waals surface area contributed by atoms with E-state index in [-0.39, 0.29) is 11.2 Å². The highest BCUT2D eigenvalue weighted by Crippen LogP contribution is 2.60. The first kappa shape index (κ1) is 17.3. The molecule has 4 aliphatic rings. The third kappa shape index (κ3) is 3.08. The van der Waals surface area contributed by atoms with Crippen LogP contribution < -0.4 is 10.7 Å². The number of thiocarbonyl (C=S) groups is 1. The Balaban J connectivity index is 1.41. The molecule has 0 amide bonds. The first-order valence-corrected chi connectivity index (χ1v) is 10.3. The van der Waals surface area contributed by atoms with Gasteiger partial charge < -0.3 is 5.32 Å². The molecule has 0 aliphatic heterocycles. The van der Waals surface area contributed by atoms with E-state index in [1.165, 1.54) is 50.7 Å². The number of nitrogens with zero attached hydrogens (tertiary/aromatic N) is 2. The molecule has 1 aromatic heterocycles. The van der Waals surface area contributed by atoms with Crippen LogP contribution in [0, 0.1) is 28.3 Å². The fraction of sp³-hybridized carbons (Fsp3) is 0.526. The van der Waals surface area contributed by atoms with Crippen LogP contribution in [0.15, 0.2) is 24.3 Å². The summed E-state index contributed by atoms with van der Waals surface area (Å²) in [7, 11) is 0. The number of H-pyrrole nitrogens is 1. The van der Waals surface area contributed by atoms with Crippen molar-refractivity contribution in [3.8, 4) is 0 Å². The van der Waals surface area contributed by atoms with Crippen molar-refractivity contribution < 1.29 is 4.39 Å². The number of aromatic amines is 1. The minimum atomic E-state index is -0.308. The number of aromatic nitrogens is 3. The van der Waals surface area contributed by atoms with Crippen LogP contribution in [-0.2, 0) is 5.41 Å². The van der Waals surface area contributed by atoms with Gasteiger partial charge in [-0.1, -0.05) is 6.07 Å². The lowest BCUT2D eigenvalue weighted by Gasteiger charge is -2.56. The molecule has 0 atom stereocenters. The number of hydrogen-bond acceptors (Lipinski definition) is 3. The fourth-order valence-electron chi connectivity index (χ4n) is 5.97. The topological polar surface area (TPSA) is 57.7 Å². The molecular formula is C19H22FN5S2. The van der Waals surface area contributed by atoms with E-state index in [1.807, 2.05) is 4.68 Å². The Labute approximate surface area is 167 Å². The van der Waals surface area contributed by atoms with Crippen molar-refractivity contribution >= 4 is 35.2 Å². The summed E-state index contributed by atoms with van der Waals surface area (Å²) in [6.45, 7) is 0. The lowest BCUT2D eigenvalue weighted by atomic mass is 9.49. The second kappa shape index (κ2) is 6.38. The predicted octanol–water partition coefficient (Wildman–Crippen LogP) is 4.49. The van der Waals surface area contributed by atoms with Gasteiger partial charge in [0.1, 0.15) is 5.82 Å². The Morgan fingerprint density at radius 1 is 1.19 bits per heavy atom. The Morgan fingerprint density at radius 3 is 2.48 bits per heavy atom. The van der Waals surface area contributed by atoms with Gasteiger partial charge in [0.15, 0.2) is 10.9 Å². The van der Waals surface area contributed by atoms with Gasteiger partial charge in [-0.15, -0.1) is 0 Å². The molecule has 0 spiro atoms. The van der Waals surface area contributed by atoms with Crippen LogP contribution in [0.3, 0.4) is 0 Å². The average Bonchev–Trinajstić information content (AvgIpc) is 2.95. The molecule has 3 N–H and O–H groups in total. The first-order chi connectivity index (χ1) is 13.0. The quantitative estimate of drug-likeness (QED) is 0.660. The minimum Gasteiger partial charge on any atom is -0.331 e. The summed E-state index contributed by atoms with van der Waals surface area (Å²) < 4.78 is 15.7. The SMILES string of the molecule is Fc1cccc(NC(=S)Nn2c(C34CC5CC(CC(C5)C3)C4)n[nH]c2=S)c1. The highest BCUT2D eigenvalue weighted by Gasteiger charge is 2.53. The van der Waals surface area contributed by atoms with Gasteiger partial charge in [0.2, 0.25) is 4.77 Å². The van der Waals surface area contributed by atoms with Crippen molar-refractivity contribution in [1.82, 2.24) is 14.9 Å². The van der Waals surface area contributed by atoms with Gasteiger partial charge in [-0.2, -0.15) is 5.10 Å². The van der Waals surface area contributed by atoms with Crippen LogP contribution in [0.4, 0.5) is 10.1 Å². The fourth-order valence-corrected chi connectivity index (χ4v) is 6.35. The maximum atomic E-state index is 13.4. The maximum Gasteiger partial charge on any atom is 0.214 e. The third-order valence-corrected chi connectivity index (χ3v) is 6.95. The number of anilines is 1. The normalized spacial score (nSPS) is 31.1. The third-order valence-electron chi connectivity index (χ3n) is 6.48. The summed E-state index contributed by atoms with van der Waals surface area (Å²) in [6, 6.07) is 6.22. The van der Waals surface area contributed by atoms with Gasteiger partial charge in [-0.25, -0.2) is 9.07 Å². The van der Waals surface area contributed by atoms with Crippen LogP contribution in [0.1, 0.15) is 44.3 Å². The molecule has 27 heavy (non-hydrogen) atoms. The van der Waals surface area contributed by atoms with Gasteiger partial charge in [0.25, 0.3) is 0 Å². The summed E-state index contributed by atoms with van der Waals surface area (Å²) in [6.07, 6.45) is 7.67. The molecule has 6 rings (SSSR count). The zero-order valence-electron chi connectivity index (χ0n) is 14.9. The molecule has 8 heteroatoms. The molecule has 4 saturated carbocycles. The molecule has 4 aliphatic carbocycles. The lowest BCUT2D eigenvalue weighted by Crippen LogP contribution is -2.50. The Kier molecular flexibility index (Phi) is 4.09. The number of rotatable bonds is 3. The van der Waals surface area contributed by atoms with E-state index >= 15 is 0 Å². The molecular weight excluding hydrogens is 381 g/mol. The summed E-state index contributed by atoms with van der Waals surface area (Å²) >= 11 is 10.9. The first-order valence-electron chi connectivity index (χ1n) is 9.52. The molecule has 4 fully saturated rings. The van der Waals surface area contributed by atoms with Gasteiger partial charge in [0, 0.05) is 11.1 Å². The standard InChI is InChI=1S/C19H22FN5S2/c20-14-2-1-3-15(7-14)21-17(26)24-25-16(22-23-18(25)27)19-8-11-4-12(9-19)6-13(5-11)10-19/h1-3,7,11-13H,4-6,8-10H2,(H,23,27)(H2,21,24,26). The van der Waals surface area contributed by atoms with E-state index in [0.717, 1.165) is 23.6 Å². The van der Waals surface area contributed by atoms with E-state index in [0.29, 0.717) is 15.6 Å². The molecule has 1 heterocycles. The van der Waals surface area contributed by atoms with Crippen molar-refractivity contribution in [3.63, 3.8) is 0 Å². The van der Waals surface area contributed by atoms with Crippen LogP contribution in [0.5, 0.6) is 0 Å². The maximum absolute atomic E-state index is 13.4. The second-order valence-electron chi connectivity index (χ2n) is 8.46. The van der Waals surface area contributed by atoms with Gasteiger partial charge >= 0.3 is 0 Å². The Bertz CT molecular complexity index is 914. The van der Waals surface area contributed by atoms with Crippen molar-refractivity contribution in [2.75, 3.05) is 10.7 Å². The molecule has 0 unspecified atom stereocenters. The second-order valence-corrected chi connectivity index (χ2v) is 9.26. The smallest absolute Gasteiger partial charge is 0.214 e. The molecule has 1 aromatic carbocycles. The van der Waals surface area contributed by atoms with Crippen molar-refractivity contribution in [2.45, 2.75) is 43.9 Å². The van der Waals surface area contributed by atoms with Crippen molar-refractivity contribution in [1.29, 1.82) is 0 Å². The number of hydrogen-bond donors (Lipinski definition) is 3. The van der Waals surface area contributed by atoms with Gasteiger partial charge in [-0.05, 0) is 98.9 Å². The van der Waals surface area contributed by atoms with Crippen molar-refractivity contribution in [3.05, 3.63) is 40.7 Å². The molecule has 2 aromatic rings. The summed E-state index contributed by atoms with van der Waals surface area (Å²) in [5.74, 6) is 3.10. The van der Waals surface area contributed by atoms with E-state index in [4.69, 9.17) is 24.4 Å². The van der Waals surface area contributed by atoms with Crippen LogP contribution in [-0.4, -0.2) is 20.0 Å². The van der Waals surface area contributed by atoms with Crippen LogP contribution in [0.2, 0.25) is 0 Å². The number of benzene rings is 1. The summed E-state index contributed by atoms with van der Waals surface area (Å²) in [5.41, 5.74) is 3.85. The van der Waals surface area contributed by atoms with Crippen molar-refractivity contribution in [2.24, 2.45) is 17.8 Å². The van der Waals surface area contributed by atoms with E-state index < -0.39 is 0 Å². The van der Waals surface area contributed by atoms with E-state index in [2.05, 4.69) is 20.9 Å². The largest absolute Gasteiger partial charge is 0.331 e. The molecule has 0 saturated heterocycles. The average molecular weight is 404 g/mol. The number of halogens is 1. The lowest BCUT2D eigenvalue weighted by molar-refractivity contribution is -0.0105. The highest BCUT2D eigenvalue weighted by atomic mass is 32.1. The zero-order chi connectivity index (χ0) is 18.6.